The van der Waals surface area contributed by atoms with Crippen molar-refractivity contribution in [2.24, 2.45) is 5.92 Å². The number of carboxylic acid groups (broad SMARTS) is 1. The number of hydrogen-bond acceptors (Lipinski definition) is 4. The lowest BCUT2D eigenvalue weighted by atomic mass is 10.1. The van der Waals surface area contributed by atoms with Crippen LogP contribution >= 0.6 is 11.6 Å². The van der Waals surface area contributed by atoms with Crippen molar-refractivity contribution >= 4 is 27.6 Å². The van der Waals surface area contributed by atoms with Gasteiger partial charge in [-0.05, 0) is 24.6 Å². The molecule has 8 heteroatoms. The molecule has 0 heterocycles. The van der Waals surface area contributed by atoms with Crippen LogP contribution in [-0.2, 0) is 14.8 Å². The van der Waals surface area contributed by atoms with E-state index in [0.29, 0.717) is 0 Å². The Balaban J connectivity index is 2.23. The van der Waals surface area contributed by atoms with Crippen LogP contribution in [0.15, 0.2) is 35.2 Å². The quantitative estimate of drug-likeness (QED) is 0.816. The summed E-state index contributed by atoms with van der Waals surface area (Å²) in [5.74, 6) is -1.71. The molecule has 0 spiro atoms. The van der Waals surface area contributed by atoms with E-state index in [1.54, 1.807) is 0 Å². The van der Waals surface area contributed by atoms with Gasteiger partial charge in [-0.25, -0.2) is 13.1 Å². The molecule has 1 aliphatic rings. The molecule has 2 atom stereocenters. The van der Waals surface area contributed by atoms with Gasteiger partial charge in [0.1, 0.15) is 4.90 Å². The number of carboxylic acids is 1. The van der Waals surface area contributed by atoms with E-state index in [-0.39, 0.29) is 21.9 Å². The minimum Gasteiger partial charge on any atom is -0.481 e. The van der Waals surface area contributed by atoms with Crippen LogP contribution in [0, 0.1) is 17.2 Å². The molecule has 2 unspecified atom stereocenters. The van der Waals surface area contributed by atoms with Crippen molar-refractivity contribution in [3.05, 3.63) is 40.9 Å². The number of hydrogen-bond donors (Lipinski definition) is 2. The first-order chi connectivity index (χ1) is 9.83. The maximum absolute atomic E-state index is 12.3. The minimum absolute atomic E-state index is 0.00161. The maximum atomic E-state index is 12.3. The molecule has 6 nitrogen and oxygen atoms in total. The Kier molecular flexibility index (Phi) is 4.32. The molecule has 1 aliphatic carbocycles. The molecule has 2 rings (SSSR count). The standard InChI is InChI=1S/C13H11ClN2O4S/c14-11-4-1-8(7-15)5-12(11)21(19,20)16-10-3-2-9(6-10)13(17)18/h1-5,9-10,16H,6H2,(H,17,18). The molecule has 0 saturated heterocycles. The van der Waals surface area contributed by atoms with E-state index in [1.807, 2.05) is 6.07 Å². The second-order valence-electron chi connectivity index (χ2n) is 4.55. The third-order valence-corrected chi connectivity index (χ3v) is 5.03. The molecule has 0 fully saturated rings. The van der Waals surface area contributed by atoms with Crippen molar-refractivity contribution < 1.29 is 18.3 Å². The van der Waals surface area contributed by atoms with Gasteiger partial charge in [0.15, 0.2) is 0 Å². The molecule has 1 aromatic rings. The smallest absolute Gasteiger partial charge is 0.310 e. The summed E-state index contributed by atoms with van der Waals surface area (Å²) in [7, 11) is -3.93. The second kappa shape index (κ2) is 5.85. The molecule has 110 valence electrons. The SMILES string of the molecule is N#Cc1ccc(Cl)c(S(=O)(=O)NC2C=CC(C(=O)O)C2)c1. The first-order valence-electron chi connectivity index (χ1n) is 5.96. The molecule has 0 saturated carbocycles. The van der Waals surface area contributed by atoms with E-state index in [9.17, 15) is 13.2 Å². The number of halogens is 1. The number of aliphatic carboxylic acids is 1. The summed E-state index contributed by atoms with van der Waals surface area (Å²) < 4.78 is 26.9. The lowest BCUT2D eigenvalue weighted by Crippen LogP contribution is -2.33. The predicted molar refractivity (Wildman–Crippen MR) is 75.2 cm³/mol. The molecule has 0 aliphatic heterocycles. The van der Waals surface area contributed by atoms with Gasteiger partial charge in [0, 0.05) is 6.04 Å². The van der Waals surface area contributed by atoms with Gasteiger partial charge in [0.2, 0.25) is 10.0 Å². The fraction of sp³-hybridized carbons (Fsp3) is 0.231. The normalized spacial score (nSPS) is 21.1. The predicted octanol–water partition coefficient (Wildman–Crippen LogP) is 1.52. The van der Waals surface area contributed by atoms with Gasteiger partial charge >= 0.3 is 5.97 Å². The Hall–Kier alpha value is -1.88. The Morgan fingerprint density at radius 1 is 1.43 bits per heavy atom. The van der Waals surface area contributed by atoms with Crippen LogP contribution in [0.1, 0.15) is 12.0 Å². The third-order valence-electron chi connectivity index (χ3n) is 3.06. The van der Waals surface area contributed by atoms with E-state index in [1.165, 1.54) is 30.4 Å². The number of nitriles is 1. The minimum atomic E-state index is -3.93. The van der Waals surface area contributed by atoms with Crippen molar-refractivity contribution in [3.8, 4) is 6.07 Å². The molecular weight excluding hydrogens is 316 g/mol. The zero-order valence-electron chi connectivity index (χ0n) is 10.7. The van der Waals surface area contributed by atoms with Crippen LogP contribution in [0.5, 0.6) is 0 Å². The van der Waals surface area contributed by atoms with Crippen molar-refractivity contribution in [1.29, 1.82) is 5.26 Å². The van der Waals surface area contributed by atoms with Gasteiger partial charge in [0.05, 0.1) is 22.6 Å². The highest BCUT2D eigenvalue weighted by molar-refractivity contribution is 7.89. The number of carbonyl (C=O) groups is 1. The van der Waals surface area contributed by atoms with Gasteiger partial charge in [-0.1, -0.05) is 23.8 Å². The van der Waals surface area contributed by atoms with E-state index in [4.69, 9.17) is 22.0 Å². The van der Waals surface area contributed by atoms with Crippen LogP contribution in [0.2, 0.25) is 5.02 Å². The monoisotopic (exact) mass is 326 g/mol. The Bertz CT molecular complexity index is 752. The molecule has 0 aromatic heterocycles. The zero-order chi connectivity index (χ0) is 15.6. The van der Waals surface area contributed by atoms with Crippen LogP contribution in [0.3, 0.4) is 0 Å². The summed E-state index contributed by atoms with van der Waals surface area (Å²) in [5, 5.41) is 17.7. The Morgan fingerprint density at radius 3 is 2.71 bits per heavy atom. The molecule has 2 N–H and O–H groups in total. The second-order valence-corrected chi connectivity index (χ2v) is 6.64. The Labute approximate surface area is 126 Å². The van der Waals surface area contributed by atoms with Crippen LogP contribution in [0.25, 0.3) is 0 Å². The third kappa shape index (κ3) is 3.42. The summed E-state index contributed by atoms with van der Waals surface area (Å²) in [4.78, 5) is 10.6. The van der Waals surface area contributed by atoms with Gasteiger partial charge in [0.25, 0.3) is 0 Å². The van der Waals surface area contributed by atoms with Gasteiger partial charge in [-0.3, -0.25) is 4.79 Å². The zero-order valence-corrected chi connectivity index (χ0v) is 12.2. The van der Waals surface area contributed by atoms with Gasteiger partial charge in [-0.15, -0.1) is 0 Å². The molecule has 0 radical (unpaired) electrons. The van der Waals surface area contributed by atoms with E-state index < -0.39 is 28.0 Å². The van der Waals surface area contributed by atoms with Crippen molar-refractivity contribution in [3.63, 3.8) is 0 Å². The van der Waals surface area contributed by atoms with Gasteiger partial charge in [-0.2, -0.15) is 5.26 Å². The van der Waals surface area contributed by atoms with E-state index in [2.05, 4.69) is 4.72 Å². The number of rotatable bonds is 4. The maximum Gasteiger partial charge on any atom is 0.310 e. The van der Waals surface area contributed by atoms with Crippen LogP contribution in [0.4, 0.5) is 0 Å². The highest BCUT2D eigenvalue weighted by Crippen LogP contribution is 2.25. The average Bonchev–Trinajstić information content (AvgIpc) is 2.87. The summed E-state index contributed by atoms with van der Waals surface area (Å²) >= 11 is 5.86. The highest BCUT2D eigenvalue weighted by Gasteiger charge is 2.29. The van der Waals surface area contributed by atoms with Crippen LogP contribution < -0.4 is 4.72 Å². The van der Waals surface area contributed by atoms with Gasteiger partial charge < -0.3 is 5.11 Å². The number of sulfonamides is 1. The van der Waals surface area contributed by atoms with Crippen LogP contribution in [-0.4, -0.2) is 25.5 Å². The average molecular weight is 327 g/mol. The topological polar surface area (TPSA) is 107 Å². The number of nitrogens with one attached hydrogen (secondary N) is 1. The molecule has 0 bridgehead atoms. The first kappa shape index (κ1) is 15.5. The summed E-state index contributed by atoms with van der Waals surface area (Å²) in [6.07, 6.45) is 3.09. The summed E-state index contributed by atoms with van der Waals surface area (Å²) in [6.45, 7) is 0. The van der Waals surface area contributed by atoms with E-state index >= 15 is 0 Å². The summed E-state index contributed by atoms with van der Waals surface area (Å²) in [6, 6.07) is 5.15. The Morgan fingerprint density at radius 2 is 2.14 bits per heavy atom. The lowest BCUT2D eigenvalue weighted by molar-refractivity contribution is -0.140. The number of nitrogens with zero attached hydrogens (tertiary/aromatic N) is 1. The fourth-order valence-corrected chi connectivity index (χ4v) is 3.74. The fourth-order valence-electron chi connectivity index (χ4n) is 2.01. The summed E-state index contributed by atoms with van der Waals surface area (Å²) in [5.41, 5.74) is 0.171. The van der Waals surface area contributed by atoms with Crippen molar-refractivity contribution in [1.82, 2.24) is 4.72 Å². The van der Waals surface area contributed by atoms with Crippen molar-refractivity contribution in [2.75, 3.05) is 0 Å². The molecule has 21 heavy (non-hydrogen) atoms. The largest absolute Gasteiger partial charge is 0.481 e. The molecule has 1 aromatic carbocycles. The molecular formula is C13H11ClN2O4S. The molecule has 0 amide bonds. The number of benzene rings is 1. The first-order valence-corrected chi connectivity index (χ1v) is 7.82. The lowest BCUT2D eigenvalue weighted by Gasteiger charge is -2.13. The van der Waals surface area contributed by atoms with Crippen molar-refractivity contribution in [2.45, 2.75) is 17.4 Å². The highest BCUT2D eigenvalue weighted by atomic mass is 35.5. The van der Waals surface area contributed by atoms with E-state index in [0.717, 1.165) is 0 Å².